The molecular formula is C27H36F3N5O4S2. The third-order valence-corrected chi connectivity index (χ3v) is 11.0. The number of carbonyl (C=O) groups is 2. The van der Waals surface area contributed by atoms with E-state index in [0.717, 1.165) is 68.5 Å². The van der Waals surface area contributed by atoms with Gasteiger partial charge in [0, 0.05) is 47.9 Å². The van der Waals surface area contributed by atoms with Crippen molar-refractivity contribution in [3.63, 3.8) is 0 Å². The molecule has 41 heavy (non-hydrogen) atoms. The van der Waals surface area contributed by atoms with Gasteiger partial charge in [0.15, 0.2) is 5.01 Å². The molecule has 1 aliphatic carbocycles. The van der Waals surface area contributed by atoms with Crippen LogP contribution in [0, 0.1) is 0 Å². The van der Waals surface area contributed by atoms with Crippen molar-refractivity contribution in [1.29, 1.82) is 0 Å². The molecule has 4 N–H and O–H groups in total. The van der Waals surface area contributed by atoms with Gasteiger partial charge in [0.05, 0.1) is 10.4 Å². The minimum Gasteiger partial charge on any atom is -0.367 e. The van der Waals surface area contributed by atoms with Crippen LogP contribution in [0.1, 0.15) is 90.6 Å². The first-order valence-corrected chi connectivity index (χ1v) is 16.8. The summed E-state index contributed by atoms with van der Waals surface area (Å²) in [6, 6.07) is 0.604. The van der Waals surface area contributed by atoms with E-state index in [0.29, 0.717) is 19.4 Å². The van der Waals surface area contributed by atoms with Gasteiger partial charge in [0.2, 0.25) is 0 Å². The number of anilines is 1. The van der Waals surface area contributed by atoms with E-state index in [9.17, 15) is 31.9 Å². The van der Waals surface area contributed by atoms with Crippen molar-refractivity contribution in [1.82, 2.24) is 20.2 Å². The molecule has 3 aliphatic rings. The largest absolute Gasteiger partial charge is 0.417 e. The number of aromatic nitrogens is 2. The second-order valence-electron chi connectivity index (χ2n) is 11.2. The zero-order chi connectivity index (χ0) is 29.4. The zero-order valence-corrected chi connectivity index (χ0v) is 24.5. The van der Waals surface area contributed by atoms with Crippen LogP contribution in [-0.4, -0.2) is 72.0 Å². The molecule has 0 aromatic carbocycles. The summed E-state index contributed by atoms with van der Waals surface area (Å²) < 4.78 is 63.0. The Morgan fingerprint density at radius 3 is 2.39 bits per heavy atom. The maximum atomic E-state index is 14.4. The molecular weight excluding hydrogens is 579 g/mol. The van der Waals surface area contributed by atoms with Crippen molar-refractivity contribution < 1.29 is 31.9 Å². The number of amides is 2. The van der Waals surface area contributed by atoms with Crippen molar-refractivity contribution in [3.8, 4) is 10.4 Å². The van der Waals surface area contributed by atoms with Gasteiger partial charge >= 0.3 is 6.18 Å². The number of likely N-dealkylation sites (tertiary alicyclic amines) is 1. The van der Waals surface area contributed by atoms with Crippen LogP contribution >= 0.6 is 21.9 Å². The summed E-state index contributed by atoms with van der Waals surface area (Å²) in [5.74, 6) is -0.656. The lowest BCUT2D eigenvalue weighted by Gasteiger charge is -2.39. The highest BCUT2D eigenvalue weighted by Gasteiger charge is 2.38. The number of halogens is 3. The topological polar surface area (TPSA) is 128 Å². The number of hydrogen-bond acceptors (Lipinski definition) is 8. The van der Waals surface area contributed by atoms with Crippen molar-refractivity contribution in [3.05, 3.63) is 28.5 Å². The SMILES string of the molecule is CC1CCCCN1C(=O)c1nc(C(=O)NC2CCS(O)(O)CC2)sc1-c1cnc(NC2CCCC2)cc1C(F)(F)F. The Hall–Kier alpha value is -2.42. The maximum absolute atomic E-state index is 14.4. The van der Waals surface area contributed by atoms with Crippen molar-refractivity contribution in [2.75, 3.05) is 23.4 Å². The van der Waals surface area contributed by atoms with Gasteiger partial charge in [0.1, 0.15) is 11.5 Å². The van der Waals surface area contributed by atoms with E-state index < -0.39 is 34.1 Å². The van der Waals surface area contributed by atoms with E-state index in [1.165, 1.54) is 0 Å². The molecule has 14 heteroatoms. The molecule has 0 spiro atoms. The van der Waals surface area contributed by atoms with Gasteiger partial charge in [-0.3, -0.25) is 18.7 Å². The van der Waals surface area contributed by atoms with Crippen LogP contribution in [0.4, 0.5) is 19.0 Å². The minimum atomic E-state index is -4.74. The van der Waals surface area contributed by atoms with Gasteiger partial charge < -0.3 is 15.5 Å². The molecule has 3 fully saturated rings. The van der Waals surface area contributed by atoms with Gasteiger partial charge in [0.25, 0.3) is 11.8 Å². The molecule has 0 bridgehead atoms. The lowest BCUT2D eigenvalue weighted by Crippen LogP contribution is -2.42. The van der Waals surface area contributed by atoms with E-state index in [-0.39, 0.29) is 56.6 Å². The van der Waals surface area contributed by atoms with Crippen LogP contribution in [-0.2, 0) is 6.18 Å². The first-order valence-electron chi connectivity index (χ1n) is 14.1. The summed E-state index contributed by atoms with van der Waals surface area (Å²) in [7, 11) is -2.65. The van der Waals surface area contributed by atoms with Crippen LogP contribution in [0.25, 0.3) is 10.4 Å². The summed E-state index contributed by atoms with van der Waals surface area (Å²) in [5, 5.41) is 5.80. The van der Waals surface area contributed by atoms with E-state index in [2.05, 4.69) is 20.6 Å². The summed E-state index contributed by atoms with van der Waals surface area (Å²) in [6.07, 6.45) is 3.37. The number of thiazole rings is 1. The average molecular weight is 616 g/mol. The Bertz CT molecular complexity index is 1270. The molecule has 2 amide bonds. The van der Waals surface area contributed by atoms with Crippen LogP contribution in [0.3, 0.4) is 0 Å². The van der Waals surface area contributed by atoms with Gasteiger partial charge in [-0.2, -0.15) is 23.8 Å². The number of alkyl halides is 3. The predicted molar refractivity (Wildman–Crippen MR) is 154 cm³/mol. The van der Waals surface area contributed by atoms with Crippen LogP contribution < -0.4 is 10.6 Å². The first-order chi connectivity index (χ1) is 19.4. The number of hydrogen-bond donors (Lipinski definition) is 4. The monoisotopic (exact) mass is 615 g/mol. The van der Waals surface area contributed by atoms with E-state index in [1.807, 2.05) is 6.92 Å². The highest BCUT2D eigenvalue weighted by atomic mass is 32.3. The Kier molecular flexibility index (Phi) is 8.84. The maximum Gasteiger partial charge on any atom is 0.417 e. The molecule has 226 valence electrons. The predicted octanol–water partition coefficient (Wildman–Crippen LogP) is 6.24. The quantitative estimate of drug-likeness (QED) is 0.303. The van der Waals surface area contributed by atoms with E-state index in [4.69, 9.17) is 0 Å². The number of rotatable bonds is 6. The number of nitrogens with zero attached hydrogens (tertiary/aromatic N) is 3. The average Bonchev–Trinajstić information content (AvgIpc) is 3.60. The Balaban J connectivity index is 1.51. The van der Waals surface area contributed by atoms with Crippen LogP contribution in [0.5, 0.6) is 0 Å². The number of piperidine rings is 1. The van der Waals surface area contributed by atoms with Gasteiger partial charge in [-0.1, -0.05) is 12.8 Å². The fourth-order valence-corrected chi connectivity index (χ4v) is 8.32. The second-order valence-corrected chi connectivity index (χ2v) is 14.7. The van der Waals surface area contributed by atoms with Gasteiger partial charge in [-0.25, -0.2) is 9.97 Å². The van der Waals surface area contributed by atoms with E-state index >= 15 is 0 Å². The minimum absolute atomic E-state index is 0.0389. The fraction of sp³-hybridized carbons (Fsp3) is 0.630. The number of pyridine rings is 1. The summed E-state index contributed by atoms with van der Waals surface area (Å²) >= 11 is 0.747. The van der Waals surface area contributed by atoms with Crippen molar-refractivity contribution in [2.24, 2.45) is 0 Å². The highest BCUT2D eigenvalue weighted by molar-refractivity contribution is 8.24. The molecule has 2 aliphatic heterocycles. The molecule has 0 radical (unpaired) electrons. The molecule has 1 unspecified atom stereocenters. The summed E-state index contributed by atoms with van der Waals surface area (Å²) in [5.41, 5.74) is -1.41. The lowest BCUT2D eigenvalue weighted by atomic mass is 10.0. The van der Waals surface area contributed by atoms with Gasteiger partial charge in [-0.15, -0.1) is 11.3 Å². The molecule has 9 nitrogen and oxygen atoms in total. The molecule has 4 heterocycles. The molecule has 2 saturated heterocycles. The van der Waals surface area contributed by atoms with Crippen LogP contribution in [0.2, 0.25) is 0 Å². The third kappa shape index (κ3) is 6.98. The lowest BCUT2D eigenvalue weighted by molar-refractivity contribution is -0.137. The second kappa shape index (κ2) is 12.1. The van der Waals surface area contributed by atoms with Crippen molar-refractivity contribution in [2.45, 2.75) is 89.0 Å². The van der Waals surface area contributed by atoms with Crippen LogP contribution in [0.15, 0.2) is 12.3 Å². The Morgan fingerprint density at radius 2 is 1.73 bits per heavy atom. The normalized spacial score (nSPS) is 22.9. The molecule has 2 aromatic heterocycles. The van der Waals surface area contributed by atoms with Gasteiger partial charge in [-0.05, 0) is 57.9 Å². The number of carbonyl (C=O) groups excluding carboxylic acids is 2. The summed E-state index contributed by atoms with van der Waals surface area (Å²) in [4.78, 5) is 37.1. The molecule has 5 rings (SSSR count). The molecule has 2 aromatic rings. The van der Waals surface area contributed by atoms with E-state index in [1.54, 1.807) is 4.90 Å². The number of nitrogens with one attached hydrogen (secondary N) is 2. The smallest absolute Gasteiger partial charge is 0.367 e. The molecule has 1 saturated carbocycles. The fourth-order valence-electron chi connectivity index (χ4n) is 5.81. The Labute approximate surface area is 242 Å². The highest BCUT2D eigenvalue weighted by Crippen LogP contribution is 2.44. The van der Waals surface area contributed by atoms with Crippen molar-refractivity contribution >= 4 is 39.6 Å². The molecule has 1 atom stereocenters. The Morgan fingerprint density at radius 1 is 1.05 bits per heavy atom. The third-order valence-electron chi connectivity index (χ3n) is 8.17. The standard InChI is InChI=1S/C27H36F3N5O4S2/c1-16-6-4-5-11-35(16)26(37)22-23(40-25(34-22)24(36)33-18-9-12-41(38,39)13-10-18)19-15-31-21(14-20(19)27(28,29)30)32-17-7-2-3-8-17/h14-18,38-39H,2-13H2,1H3,(H,31,32)(H,33,36). The zero-order valence-electron chi connectivity index (χ0n) is 22.9. The summed E-state index contributed by atoms with van der Waals surface area (Å²) in [6.45, 7) is 2.36. The first kappa shape index (κ1) is 30.1.